The van der Waals surface area contributed by atoms with Crippen LogP contribution in [0.15, 0.2) is 48.5 Å². The lowest BCUT2D eigenvalue weighted by Crippen LogP contribution is -2.19. The van der Waals surface area contributed by atoms with E-state index in [2.05, 4.69) is 20.8 Å². The van der Waals surface area contributed by atoms with Crippen molar-refractivity contribution in [2.45, 2.75) is 0 Å². The molecule has 122 valence electrons. The van der Waals surface area contributed by atoms with Crippen LogP contribution in [0.5, 0.6) is 5.75 Å². The third-order valence-corrected chi connectivity index (χ3v) is 4.31. The maximum absolute atomic E-state index is 12.1. The molecule has 3 rings (SSSR count). The van der Waals surface area contributed by atoms with Gasteiger partial charge in [-0.3, -0.25) is 5.32 Å². The molecule has 0 bridgehead atoms. The van der Waals surface area contributed by atoms with E-state index in [4.69, 9.17) is 16.3 Å². The quantitative estimate of drug-likeness (QED) is 0.717. The monoisotopic (exact) mass is 360 g/mol. The molecule has 0 atom stereocenters. The Balaban J connectivity index is 1.71. The van der Waals surface area contributed by atoms with Gasteiger partial charge in [-0.05, 0) is 18.2 Å². The lowest BCUT2D eigenvalue weighted by Gasteiger charge is -2.09. The van der Waals surface area contributed by atoms with E-state index >= 15 is 0 Å². The molecule has 6 nitrogen and oxygen atoms in total. The van der Waals surface area contributed by atoms with Crippen LogP contribution in [0, 0.1) is 0 Å². The Bertz CT molecular complexity index is 869. The molecule has 2 N–H and O–H groups in total. The molecule has 2 aromatic carbocycles. The van der Waals surface area contributed by atoms with Crippen LogP contribution in [0.2, 0.25) is 5.02 Å². The number of carbonyl (C=O) groups excluding carboxylic acids is 1. The number of urea groups is 1. The number of aromatic nitrogens is 2. The summed E-state index contributed by atoms with van der Waals surface area (Å²) >= 11 is 7.38. The molecule has 0 saturated carbocycles. The molecule has 0 radical (unpaired) electrons. The summed E-state index contributed by atoms with van der Waals surface area (Å²) in [6, 6.07) is 14.0. The molecule has 1 heterocycles. The molecule has 2 amide bonds. The fraction of sp³-hybridized carbons (Fsp3) is 0.0625. The zero-order chi connectivity index (χ0) is 16.9. The highest BCUT2D eigenvalue weighted by Gasteiger charge is 2.12. The lowest BCUT2D eigenvalue weighted by atomic mass is 10.2. The number of carbonyl (C=O) groups is 1. The van der Waals surface area contributed by atoms with Crippen molar-refractivity contribution in [2.75, 3.05) is 17.7 Å². The van der Waals surface area contributed by atoms with Gasteiger partial charge in [-0.25, -0.2) is 4.79 Å². The number of nitrogens with one attached hydrogen (secondary N) is 2. The van der Waals surface area contributed by atoms with Crippen LogP contribution < -0.4 is 15.4 Å². The van der Waals surface area contributed by atoms with Gasteiger partial charge in [0.25, 0.3) is 0 Å². The summed E-state index contributed by atoms with van der Waals surface area (Å²) < 4.78 is 5.19. The van der Waals surface area contributed by atoms with Gasteiger partial charge >= 0.3 is 6.03 Å². The Morgan fingerprint density at radius 3 is 2.62 bits per heavy atom. The number of methoxy groups -OCH3 is 1. The average Bonchev–Trinajstić information content (AvgIpc) is 3.04. The summed E-state index contributed by atoms with van der Waals surface area (Å²) in [6.45, 7) is 0. The molecule has 3 aromatic rings. The number of benzene rings is 2. The van der Waals surface area contributed by atoms with E-state index in [9.17, 15) is 4.79 Å². The summed E-state index contributed by atoms with van der Waals surface area (Å²) in [7, 11) is 1.54. The van der Waals surface area contributed by atoms with Crippen LogP contribution in [0.3, 0.4) is 0 Å². The minimum Gasteiger partial charge on any atom is -0.495 e. The number of ether oxygens (including phenoxy) is 1. The van der Waals surface area contributed by atoms with Gasteiger partial charge in [0.2, 0.25) is 5.13 Å². The molecule has 0 unspecified atom stereocenters. The second-order valence-electron chi connectivity index (χ2n) is 4.67. The molecule has 0 aliphatic rings. The Morgan fingerprint density at radius 1 is 1.08 bits per heavy atom. The maximum atomic E-state index is 12.1. The highest BCUT2D eigenvalue weighted by atomic mass is 35.5. The van der Waals surface area contributed by atoms with Crippen molar-refractivity contribution in [2.24, 2.45) is 0 Å². The first-order valence-electron chi connectivity index (χ1n) is 6.97. The molecule has 1 aromatic heterocycles. The highest BCUT2D eigenvalue weighted by molar-refractivity contribution is 7.18. The number of para-hydroxylation sites is 2. The first-order valence-corrected chi connectivity index (χ1v) is 8.16. The van der Waals surface area contributed by atoms with Crippen molar-refractivity contribution in [1.82, 2.24) is 10.2 Å². The van der Waals surface area contributed by atoms with Crippen LogP contribution in [-0.2, 0) is 0 Å². The fourth-order valence-electron chi connectivity index (χ4n) is 2.02. The number of hydrogen-bond acceptors (Lipinski definition) is 5. The van der Waals surface area contributed by atoms with Gasteiger partial charge in [0.15, 0.2) is 5.01 Å². The fourth-order valence-corrected chi connectivity index (χ4v) is 3.08. The summed E-state index contributed by atoms with van der Waals surface area (Å²) in [5.74, 6) is 0.571. The van der Waals surface area contributed by atoms with E-state index in [0.29, 0.717) is 26.6 Å². The lowest BCUT2D eigenvalue weighted by molar-refractivity contribution is 0.262. The molecule has 0 spiro atoms. The molecule has 8 heteroatoms. The second kappa shape index (κ2) is 7.29. The Hall–Kier alpha value is -2.64. The summed E-state index contributed by atoms with van der Waals surface area (Å²) in [5.41, 5.74) is 1.34. The van der Waals surface area contributed by atoms with Crippen LogP contribution in [0.25, 0.3) is 10.6 Å². The number of nitrogens with zero attached hydrogens (tertiary/aromatic N) is 2. The Labute approximate surface area is 147 Å². The van der Waals surface area contributed by atoms with E-state index < -0.39 is 6.03 Å². The molecule has 24 heavy (non-hydrogen) atoms. The standard InChI is InChI=1S/C16H13ClN4O2S/c1-23-13-9-5-4-8-12(13)18-15(22)19-16-21-20-14(24-16)10-6-2-3-7-11(10)17/h2-9H,1H3,(H2,18,19,21,22). The topological polar surface area (TPSA) is 76.1 Å². The molecular formula is C16H13ClN4O2S. The molecule has 0 aliphatic carbocycles. The number of hydrogen-bond donors (Lipinski definition) is 2. The number of halogens is 1. The molecular weight excluding hydrogens is 348 g/mol. The highest BCUT2D eigenvalue weighted by Crippen LogP contribution is 2.31. The normalized spacial score (nSPS) is 10.2. The smallest absolute Gasteiger partial charge is 0.325 e. The summed E-state index contributed by atoms with van der Waals surface area (Å²) in [6.07, 6.45) is 0. The van der Waals surface area contributed by atoms with E-state index in [1.54, 1.807) is 31.4 Å². The first-order chi connectivity index (χ1) is 11.7. The Morgan fingerprint density at radius 2 is 1.83 bits per heavy atom. The van der Waals surface area contributed by atoms with Crippen molar-refractivity contribution in [3.05, 3.63) is 53.6 Å². The predicted octanol–water partition coefficient (Wildman–Crippen LogP) is 4.51. The van der Waals surface area contributed by atoms with Gasteiger partial charge in [-0.15, -0.1) is 10.2 Å². The van der Waals surface area contributed by atoms with Crippen LogP contribution in [-0.4, -0.2) is 23.3 Å². The third-order valence-electron chi connectivity index (χ3n) is 3.10. The van der Waals surface area contributed by atoms with Crippen molar-refractivity contribution < 1.29 is 9.53 Å². The van der Waals surface area contributed by atoms with Gasteiger partial charge in [-0.1, -0.05) is 53.3 Å². The molecule has 0 saturated heterocycles. The first kappa shape index (κ1) is 16.2. The minimum atomic E-state index is -0.429. The maximum Gasteiger partial charge on any atom is 0.325 e. The predicted molar refractivity (Wildman–Crippen MR) is 96.0 cm³/mol. The van der Waals surface area contributed by atoms with Gasteiger partial charge in [0, 0.05) is 5.56 Å². The molecule has 0 fully saturated rings. The SMILES string of the molecule is COc1ccccc1NC(=O)Nc1nnc(-c2ccccc2Cl)s1. The van der Waals surface area contributed by atoms with E-state index in [1.165, 1.54) is 11.3 Å². The largest absolute Gasteiger partial charge is 0.495 e. The van der Waals surface area contributed by atoms with Gasteiger partial charge < -0.3 is 10.1 Å². The summed E-state index contributed by atoms with van der Waals surface area (Å²) in [5, 5.41) is 15.0. The van der Waals surface area contributed by atoms with Crippen LogP contribution in [0.1, 0.15) is 0 Å². The second-order valence-corrected chi connectivity index (χ2v) is 6.06. The number of amides is 2. The summed E-state index contributed by atoms with van der Waals surface area (Å²) in [4.78, 5) is 12.1. The van der Waals surface area contributed by atoms with Crippen LogP contribution in [0.4, 0.5) is 15.6 Å². The van der Waals surface area contributed by atoms with E-state index in [-0.39, 0.29) is 0 Å². The van der Waals surface area contributed by atoms with Gasteiger partial charge in [0.1, 0.15) is 5.75 Å². The third kappa shape index (κ3) is 3.64. The molecule has 0 aliphatic heterocycles. The van der Waals surface area contributed by atoms with Crippen molar-refractivity contribution >= 4 is 39.8 Å². The van der Waals surface area contributed by atoms with Crippen molar-refractivity contribution in [1.29, 1.82) is 0 Å². The Kier molecular flexibility index (Phi) is 4.93. The zero-order valence-electron chi connectivity index (χ0n) is 12.6. The van der Waals surface area contributed by atoms with E-state index in [0.717, 1.165) is 5.56 Å². The van der Waals surface area contributed by atoms with Gasteiger partial charge in [-0.2, -0.15) is 0 Å². The van der Waals surface area contributed by atoms with E-state index in [1.807, 2.05) is 24.3 Å². The van der Waals surface area contributed by atoms with Crippen molar-refractivity contribution in [3.63, 3.8) is 0 Å². The van der Waals surface area contributed by atoms with Crippen LogP contribution >= 0.6 is 22.9 Å². The van der Waals surface area contributed by atoms with Gasteiger partial charge in [0.05, 0.1) is 17.8 Å². The zero-order valence-corrected chi connectivity index (χ0v) is 14.2. The van der Waals surface area contributed by atoms with Crippen molar-refractivity contribution in [3.8, 4) is 16.3 Å². The number of rotatable bonds is 4. The number of anilines is 2. The minimum absolute atomic E-state index is 0.373. The average molecular weight is 361 g/mol.